The monoisotopic (exact) mass is 226 g/mol. The summed E-state index contributed by atoms with van der Waals surface area (Å²) in [7, 11) is 2.15. The van der Waals surface area contributed by atoms with Gasteiger partial charge in [0.25, 0.3) is 0 Å². The van der Waals surface area contributed by atoms with Crippen LogP contribution in [0.25, 0.3) is 0 Å². The zero-order valence-electron chi connectivity index (χ0n) is 10.1. The lowest BCUT2D eigenvalue weighted by atomic mass is 9.88. The summed E-state index contributed by atoms with van der Waals surface area (Å²) in [6.07, 6.45) is 4.61. The molecule has 0 aromatic rings. The van der Waals surface area contributed by atoms with E-state index < -0.39 is 0 Å². The van der Waals surface area contributed by atoms with E-state index >= 15 is 0 Å². The standard InChI is InChI=1S/C12H22N2O2/c1-13-7-4-10(5-8-13)11-3-2-6-14(11)12(16)9-15/h10-11,15H,2-9H2,1H3. The number of hydrogen-bond acceptors (Lipinski definition) is 3. The Morgan fingerprint density at radius 2 is 1.94 bits per heavy atom. The number of piperidine rings is 1. The minimum absolute atomic E-state index is 0.0820. The van der Waals surface area contributed by atoms with Gasteiger partial charge in [0.1, 0.15) is 6.61 Å². The van der Waals surface area contributed by atoms with E-state index in [-0.39, 0.29) is 12.5 Å². The number of amides is 1. The van der Waals surface area contributed by atoms with E-state index in [1.165, 1.54) is 12.8 Å². The van der Waals surface area contributed by atoms with Gasteiger partial charge in [-0.2, -0.15) is 0 Å². The molecule has 0 bridgehead atoms. The Hall–Kier alpha value is -0.610. The van der Waals surface area contributed by atoms with Gasteiger partial charge in [0.05, 0.1) is 0 Å². The molecule has 2 heterocycles. The lowest BCUT2D eigenvalue weighted by Gasteiger charge is -2.36. The molecule has 1 atom stereocenters. The van der Waals surface area contributed by atoms with Crippen LogP contribution in [0.15, 0.2) is 0 Å². The Labute approximate surface area is 97.2 Å². The Morgan fingerprint density at radius 3 is 2.56 bits per heavy atom. The molecule has 92 valence electrons. The molecule has 2 aliphatic heterocycles. The predicted molar refractivity (Wildman–Crippen MR) is 62.0 cm³/mol. The summed E-state index contributed by atoms with van der Waals surface area (Å²) >= 11 is 0. The van der Waals surface area contributed by atoms with Crippen LogP contribution in [0.4, 0.5) is 0 Å². The smallest absolute Gasteiger partial charge is 0.248 e. The first kappa shape index (κ1) is 11.9. The second kappa shape index (κ2) is 5.15. The summed E-state index contributed by atoms with van der Waals surface area (Å²) in [6.45, 7) is 2.80. The van der Waals surface area contributed by atoms with Crippen molar-refractivity contribution in [1.29, 1.82) is 0 Å². The van der Waals surface area contributed by atoms with Crippen molar-refractivity contribution in [2.45, 2.75) is 31.7 Å². The summed E-state index contributed by atoms with van der Waals surface area (Å²) in [6, 6.07) is 0.397. The third-order valence-corrected chi connectivity index (χ3v) is 4.06. The summed E-state index contributed by atoms with van der Waals surface area (Å²) in [5.41, 5.74) is 0. The largest absolute Gasteiger partial charge is 0.387 e. The molecule has 0 radical (unpaired) electrons. The molecule has 1 amide bonds. The van der Waals surface area contributed by atoms with Crippen molar-refractivity contribution in [2.75, 3.05) is 33.3 Å². The number of carbonyl (C=O) groups is 1. The average molecular weight is 226 g/mol. The van der Waals surface area contributed by atoms with Crippen LogP contribution < -0.4 is 0 Å². The molecule has 0 aromatic carbocycles. The summed E-state index contributed by atoms with van der Waals surface area (Å²) in [5, 5.41) is 8.95. The van der Waals surface area contributed by atoms with Crippen LogP contribution in [0.1, 0.15) is 25.7 Å². The average Bonchev–Trinajstić information content (AvgIpc) is 2.78. The molecule has 2 rings (SSSR count). The zero-order chi connectivity index (χ0) is 11.5. The van der Waals surface area contributed by atoms with Crippen LogP contribution in [-0.4, -0.2) is 60.1 Å². The van der Waals surface area contributed by atoms with Crippen molar-refractivity contribution in [3.05, 3.63) is 0 Å². The Bertz CT molecular complexity index is 249. The minimum Gasteiger partial charge on any atom is -0.387 e. The quantitative estimate of drug-likeness (QED) is 0.737. The first-order valence-corrected chi connectivity index (χ1v) is 6.31. The highest BCUT2D eigenvalue weighted by atomic mass is 16.3. The molecule has 0 saturated carbocycles. The van der Waals surface area contributed by atoms with Crippen LogP contribution in [0.2, 0.25) is 0 Å². The van der Waals surface area contributed by atoms with Gasteiger partial charge < -0.3 is 14.9 Å². The fourth-order valence-corrected chi connectivity index (χ4v) is 3.10. The molecular weight excluding hydrogens is 204 g/mol. The highest BCUT2D eigenvalue weighted by molar-refractivity contribution is 5.77. The van der Waals surface area contributed by atoms with Gasteiger partial charge in [-0.05, 0) is 51.7 Å². The number of likely N-dealkylation sites (tertiary alicyclic amines) is 2. The Kier molecular flexibility index (Phi) is 3.82. The first-order valence-electron chi connectivity index (χ1n) is 6.31. The lowest BCUT2D eigenvalue weighted by molar-refractivity contribution is -0.136. The van der Waals surface area contributed by atoms with Crippen molar-refractivity contribution in [2.24, 2.45) is 5.92 Å². The van der Waals surface area contributed by atoms with E-state index in [1.807, 2.05) is 4.90 Å². The molecule has 0 aromatic heterocycles. The van der Waals surface area contributed by atoms with Crippen LogP contribution in [-0.2, 0) is 4.79 Å². The summed E-state index contributed by atoms with van der Waals surface area (Å²) in [5.74, 6) is 0.565. The number of rotatable bonds is 2. The normalized spacial score (nSPS) is 28.6. The van der Waals surface area contributed by atoms with Gasteiger partial charge in [-0.15, -0.1) is 0 Å². The second-order valence-corrected chi connectivity index (χ2v) is 5.10. The van der Waals surface area contributed by atoms with Gasteiger partial charge in [0.2, 0.25) is 5.91 Å². The van der Waals surface area contributed by atoms with E-state index in [0.717, 1.165) is 32.5 Å². The first-order chi connectivity index (χ1) is 7.72. The Morgan fingerprint density at radius 1 is 1.25 bits per heavy atom. The van der Waals surface area contributed by atoms with E-state index in [1.54, 1.807) is 0 Å². The second-order valence-electron chi connectivity index (χ2n) is 5.10. The molecule has 0 spiro atoms. The topological polar surface area (TPSA) is 43.8 Å². The number of aliphatic hydroxyl groups is 1. The maximum atomic E-state index is 11.6. The van der Waals surface area contributed by atoms with E-state index in [0.29, 0.717) is 12.0 Å². The predicted octanol–water partition coefficient (Wildman–Crippen LogP) is 0.311. The van der Waals surface area contributed by atoms with Crippen molar-refractivity contribution in [1.82, 2.24) is 9.80 Å². The molecule has 1 unspecified atom stereocenters. The minimum atomic E-state index is -0.330. The number of nitrogens with zero attached hydrogens (tertiary/aromatic N) is 2. The number of carbonyl (C=O) groups excluding carboxylic acids is 1. The maximum absolute atomic E-state index is 11.6. The fourth-order valence-electron chi connectivity index (χ4n) is 3.10. The third kappa shape index (κ3) is 2.38. The molecule has 16 heavy (non-hydrogen) atoms. The zero-order valence-corrected chi connectivity index (χ0v) is 10.1. The van der Waals surface area contributed by atoms with Crippen LogP contribution in [0, 0.1) is 5.92 Å². The SMILES string of the molecule is CN1CCC(C2CCCN2C(=O)CO)CC1. The molecular formula is C12H22N2O2. The highest BCUT2D eigenvalue weighted by Gasteiger charge is 2.35. The van der Waals surface area contributed by atoms with Crippen LogP contribution >= 0.6 is 0 Å². The van der Waals surface area contributed by atoms with Gasteiger partial charge in [0, 0.05) is 12.6 Å². The third-order valence-electron chi connectivity index (χ3n) is 4.06. The molecule has 2 saturated heterocycles. The van der Waals surface area contributed by atoms with Crippen LogP contribution in [0.5, 0.6) is 0 Å². The van der Waals surface area contributed by atoms with Crippen molar-refractivity contribution in [3.8, 4) is 0 Å². The molecule has 1 N–H and O–H groups in total. The van der Waals surface area contributed by atoms with Gasteiger partial charge >= 0.3 is 0 Å². The van der Waals surface area contributed by atoms with Gasteiger partial charge in [-0.25, -0.2) is 0 Å². The molecule has 4 nitrogen and oxygen atoms in total. The van der Waals surface area contributed by atoms with E-state index in [9.17, 15) is 4.79 Å². The van der Waals surface area contributed by atoms with Crippen molar-refractivity contribution < 1.29 is 9.90 Å². The molecule has 4 heteroatoms. The van der Waals surface area contributed by atoms with Crippen LogP contribution in [0.3, 0.4) is 0 Å². The molecule has 0 aliphatic carbocycles. The van der Waals surface area contributed by atoms with E-state index in [2.05, 4.69) is 11.9 Å². The fraction of sp³-hybridized carbons (Fsp3) is 0.917. The van der Waals surface area contributed by atoms with Crippen molar-refractivity contribution in [3.63, 3.8) is 0 Å². The Balaban J connectivity index is 1.94. The van der Waals surface area contributed by atoms with Gasteiger partial charge in [-0.3, -0.25) is 4.79 Å². The number of aliphatic hydroxyl groups excluding tert-OH is 1. The number of hydrogen-bond donors (Lipinski definition) is 1. The summed E-state index contributed by atoms with van der Waals surface area (Å²) < 4.78 is 0. The highest BCUT2D eigenvalue weighted by Crippen LogP contribution is 2.30. The van der Waals surface area contributed by atoms with E-state index in [4.69, 9.17) is 5.11 Å². The summed E-state index contributed by atoms with van der Waals surface area (Å²) in [4.78, 5) is 15.9. The van der Waals surface area contributed by atoms with Gasteiger partial charge in [-0.1, -0.05) is 0 Å². The van der Waals surface area contributed by atoms with Crippen molar-refractivity contribution >= 4 is 5.91 Å². The maximum Gasteiger partial charge on any atom is 0.248 e. The lowest BCUT2D eigenvalue weighted by Crippen LogP contribution is -2.45. The molecule has 2 fully saturated rings. The molecule has 2 aliphatic rings. The van der Waals surface area contributed by atoms with Gasteiger partial charge in [0.15, 0.2) is 0 Å².